The van der Waals surface area contributed by atoms with E-state index in [4.69, 9.17) is 4.74 Å². The summed E-state index contributed by atoms with van der Waals surface area (Å²) in [5.74, 6) is 2.32. The average Bonchev–Trinajstić information content (AvgIpc) is 2.64. The van der Waals surface area contributed by atoms with Crippen molar-refractivity contribution in [2.45, 2.75) is 33.1 Å². The second kappa shape index (κ2) is 9.97. The number of nitrogens with zero attached hydrogens (tertiary/aromatic N) is 3. The van der Waals surface area contributed by atoms with Crippen molar-refractivity contribution in [3.8, 4) is 5.75 Å². The first-order valence-corrected chi connectivity index (χ1v) is 9.21. The van der Waals surface area contributed by atoms with E-state index in [-0.39, 0.29) is 0 Å². The van der Waals surface area contributed by atoms with Crippen molar-refractivity contribution >= 4 is 17.5 Å². The fraction of sp³-hybridized carbons (Fsp3) is 0.500. The number of hydrogen-bond donors (Lipinski definition) is 2. The fourth-order valence-electron chi connectivity index (χ4n) is 2.79. The molecule has 1 aromatic carbocycles. The smallest absolute Gasteiger partial charge is 0.229 e. The molecule has 6 heteroatoms. The molecule has 2 N–H and O–H groups in total. The number of anilines is 3. The zero-order valence-electron chi connectivity index (χ0n) is 16.6. The minimum Gasteiger partial charge on any atom is -0.496 e. The number of benzene rings is 1. The first-order valence-electron chi connectivity index (χ1n) is 9.21. The Morgan fingerprint density at radius 2 is 1.96 bits per heavy atom. The van der Waals surface area contributed by atoms with Crippen LogP contribution in [-0.4, -0.2) is 49.2 Å². The lowest BCUT2D eigenvalue weighted by molar-refractivity contribution is 0.342. The lowest BCUT2D eigenvalue weighted by atomic mass is 10.1. The summed E-state index contributed by atoms with van der Waals surface area (Å²) in [6.45, 7) is 6.36. The Morgan fingerprint density at radius 1 is 1.15 bits per heavy atom. The molecule has 1 heterocycles. The molecular formula is C20H31N5O. The van der Waals surface area contributed by atoms with Gasteiger partial charge in [-0.25, -0.2) is 4.98 Å². The molecule has 0 amide bonds. The molecule has 0 aliphatic rings. The molecule has 0 fully saturated rings. The van der Waals surface area contributed by atoms with Gasteiger partial charge in [0, 0.05) is 24.5 Å². The standard InChI is InChI=1S/C20H31N5O/c1-6-25(4)12-8-7-9-16-14-17(10-11-18(16)26-5)23-20-22-15(2)13-19(21-3)24-20/h10-11,13-14H,6-9,12H2,1-5H3,(H2,21,22,23,24). The van der Waals surface area contributed by atoms with Gasteiger partial charge in [-0.15, -0.1) is 0 Å². The van der Waals surface area contributed by atoms with Crippen molar-refractivity contribution in [2.75, 3.05) is 44.9 Å². The summed E-state index contributed by atoms with van der Waals surface area (Å²) in [6, 6.07) is 8.05. The summed E-state index contributed by atoms with van der Waals surface area (Å²) in [4.78, 5) is 11.2. The second-order valence-corrected chi connectivity index (χ2v) is 6.47. The molecule has 0 spiro atoms. The normalized spacial score (nSPS) is 10.8. The van der Waals surface area contributed by atoms with E-state index in [0.717, 1.165) is 48.9 Å². The average molecular weight is 358 g/mol. The molecule has 0 radical (unpaired) electrons. The Bertz CT molecular complexity index is 705. The van der Waals surface area contributed by atoms with Crippen LogP contribution in [0.5, 0.6) is 5.75 Å². The molecule has 0 bridgehead atoms. The van der Waals surface area contributed by atoms with Gasteiger partial charge < -0.3 is 20.3 Å². The quantitative estimate of drug-likeness (QED) is 0.630. The first kappa shape index (κ1) is 20.0. The van der Waals surface area contributed by atoms with Gasteiger partial charge in [-0.2, -0.15) is 4.98 Å². The van der Waals surface area contributed by atoms with Gasteiger partial charge in [-0.05, 0) is 70.1 Å². The van der Waals surface area contributed by atoms with E-state index in [0.29, 0.717) is 5.95 Å². The van der Waals surface area contributed by atoms with Gasteiger partial charge in [0.25, 0.3) is 0 Å². The zero-order chi connectivity index (χ0) is 18.9. The van der Waals surface area contributed by atoms with E-state index in [9.17, 15) is 0 Å². The molecule has 2 aromatic rings. The van der Waals surface area contributed by atoms with Crippen molar-refractivity contribution in [1.82, 2.24) is 14.9 Å². The molecule has 0 aliphatic carbocycles. The van der Waals surface area contributed by atoms with Crippen LogP contribution in [0.1, 0.15) is 31.0 Å². The van der Waals surface area contributed by atoms with Crippen LogP contribution in [0.4, 0.5) is 17.5 Å². The number of unbranched alkanes of at least 4 members (excludes halogenated alkanes) is 1. The van der Waals surface area contributed by atoms with E-state index < -0.39 is 0 Å². The summed E-state index contributed by atoms with van der Waals surface area (Å²) in [7, 11) is 5.74. The highest BCUT2D eigenvalue weighted by Crippen LogP contribution is 2.26. The minimum atomic E-state index is 0.593. The Kier molecular flexibility index (Phi) is 7.66. The summed E-state index contributed by atoms with van der Waals surface area (Å²) in [5.41, 5.74) is 3.10. The summed E-state index contributed by atoms with van der Waals surface area (Å²) < 4.78 is 5.53. The van der Waals surface area contributed by atoms with Crippen molar-refractivity contribution in [3.63, 3.8) is 0 Å². The molecule has 142 valence electrons. The van der Waals surface area contributed by atoms with Crippen LogP contribution in [0.3, 0.4) is 0 Å². The number of rotatable bonds is 10. The molecular weight excluding hydrogens is 326 g/mol. The number of hydrogen-bond acceptors (Lipinski definition) is 6. The van der Waals surface area contributed by atoms with Gasteiger partial charge in [0.2, 0.25) is 5.95 Å². The van der Waals surface area contributed by atoms with E-state index in [1.54, 1.807) is 7.11 Å². The minimum absolute atomic E-state index is 0.593. The zero-order valence-corrected chi connectivity index (χ0v) is 16.6. The van der Waals surface area contributed by atoms with Crippen molar-refractivity contribution in [1.29, 1.82) is 0 Å². The van der Waals surface area contributed by atoms with Crippen LogP contribution in [0.15, 0.2) is 24.3 Å². The third kappa shape index (κ3) is 5.88. The summed E-state index contributed by atoms with van der Waals surface area (Å²) in [5, 5.41) is 6.36. The van der Waals surface area contributed by atoms with Gasteiger partial charge in [0.1, 0.15) is 11.6 Å². The third-order valence-electron chi connectivity index (χ3n) is 4.42. The molecule has 6 nitrogen and oxygen atoms in total. The number of methoxy groups -OCH3 is 1. The summed E-state index contributed by atoms with van der Waals surface area (Å²) >= 11 is 0. The largest absolute Gasteiger partial charge is 0.496 e. The topological polar surface area (TPSA) is 62.3 Å². The molecule has 0 atom stereocenters. The van der Waals surface area contributed by atoms with E-state index in [2.05, 4.69) is 45.5 Å². The van der Waals surface area contributed by atoms with Crippen LogP contribution in [0, 0.1) is 6.92 Å². The van der Waals surface area contributed by atoms with Crippen molar-refractivity contribution < 1.29 is 4.74 Å². The lowest BCUT2D eigenvalue weighted by Gasteiger charge is -2.15. The van der Waals surface area contributed by atoms with Gasteiger partial charge in [-0.1, -0.05) is 6.92 Å². The van der Waals surface area contributed by atoms with Crippen LogP contribution in [0.2, 0.25) is 0 Å². The van der Waals surface area contributed by atoms with E-state index in [1.807, 2.05) is 32.2 Å². The maximum absolute atomic E-state index is 5.53. The molecule has 26 heavy (non-hydrogen) atoms. The predicted molar refractivity (Wildman–Crippen MR) is 109 cm³/mol. The summed E-state index contributed by atoms with van der Waals surface area (Å²) in [6.07, 6.45) is 3.30. The Balaban J connectivity index is 2.07. The number of aromatic nitrogens is 2. The van der Waals surface area contributed by atoms with Gasteiger partial charge in [0.15, 0.2) is 0 Å². The molecule has 2 rings (SSSR count). The van der Waals surface area contributed by atoms with Gasteiger partial charge in [0.05, 0.1) is 7.11 Å². The third-order valence-corrected chi connectivity index (χ3v) is 4.42. The number of ether oxygens (including phenoxy) is 1. The second-order valence-electron chi connectivity index (χ2n) is 6.47. The Labute approximate surface area is 157 Å². The molecule has 0 saturated carbocycles. The molecule has 1 aromatic heterocycles. The van der Waals surface area contributed by atoms with Crippen molar-refractivity contribution in [3.05, 3.63) is 35.5 Å². The fourth-order valence-corrected chi connectivity index (χ4v) is 2.79. The highest BCUT2D eigenvalue weighted by molar-refractivity contribution is 5.58. The van der Waals surface area contributed by atoms with Crippen LogP contribution >= 0.6 is 0 Å². The van der Waals surface area contributed by atoms with Crippen LogP contribution in [-0.2, 0) is 6.42 Å². The Morgan fingerprint density at radius 3 is 2.65 bits per heavy atom. The predicted octanol–water partition coefficient (Wildman–Crippen LogP) is 3.85. The maximum atomic E-state index is 5.53. The van der Waals surface area contributed by atoms with Crippen molar-refractivity contribution in [2.24, 2.45) is 0 Å². The lowest BCUT2D eigenvalue weighted by Crippen LogP contribution is -2.18. The van der Waals surface area contributed by atoms with Crippen LogP contribution < -0.4 is 15.4 Å². The highest BCUT2D eigenvalue weighted by Gasteiger charge is 2.07. The van der Waals surface area contributed by atoms with E-state index >= 15 is 0 Å². The first-order chi connectivity index (χ1) is 12.5. The molecule has 0 aliphatic heterocycles. The number of aryl methyl sites for hydroxylation is 2. The van der Waals surface area contributed by atoms with Crippen LogP contribution in [0.25, 0.3) is 0 Å². The monoisotopic (exact) mass is 357 g/mol. The van der Waals surface area contributed by atoms with Gasteiger partial charge >= 0.3 is 0 Å². The Hall–Kier alpha value is -2.34. The van der Waals surface area contributed by atoms with Gasteiger partial charge in [-0.3, -0.25) is 0 Å². The maximum Gasteiger partial charge on any atom is 0.229 e. The number of nitrogens with one attached hydrogen (secondary N) is 2. The SMILES string of the molecule is CCN(C)CCCCc1cc(Nc2nc(C)cc(NC)n2)ccc1OC. The van der Waals surface area contributed by atoms with E-state index in [1.165, 1.54) is 12.0 Å². The molecule has 0 saturated heterocycles. The molecule has 0 unspecified atom stereocenters. The highest BCUT2D eigenvalue weighted by atomic mass is 16.5.